The monoisotopic (exact) mass is 588 g/mol. The number of nitrogens with zero attached hydrogens (tertiary/aromatic N) is 5. The summed E-state index contributed by atoms with van der Waals surface area (Å²) in [6.45, 7) is 1.93. The highest BCUT2D eigenvalue weighted by atomic mass is 35.5. The smallest absolute Gasteiger partial charge is 0.400 e. The van der Waals surface area contributed by atoms with E-state index in [-0.39, 0.29) is 70.9 Å². The molecule has 0 spiro atoms. The van der Waals surface area contributed by atoms with Crippen molar-refractivity contribution < 1.29 is 30.8 Å². The molecule has 0 unspecified atom stereocenters. The third kappa shape index (κ3) is 5.86. The Hall–Kier alpha value is -3.26. The summed E-state index contributed by atoms with van der Waals surface area (Å²) in [6.07, 6.45) is -2.80. The van der Waals surface area contributed by atoms with Crippen molar-refractivity contribution in [1.82, 2.24) is 14.9 Å². The van der Waals surface area contributed by atoms with Gasteiger partial charge in [0.05, 0.1) is 51.9 Å². The predicted molar refractivity (Wildman–Crippen MR) is 138 cm³/mol. The maximum Gasteiger partial charge on any atom is 0.434 e. The first-order valence-corrected chi connectivity index (χ1v) is 14.0. The average Bonchev–Trinajstić information content (AvgIpc) is 2.87. The van der Waals surface area contributed by atoms with Gasteiger partial charge in [-0.2, -0.15) is 13.2 Å². The van der Waals surface area contributed by atoms with Crippen molar-refractivity contribution in [1.29, 1.82) is 0 Å². The summed E-state index contributed by atoms with van der Waals surface area (Å²) in [5.74, 6) is -1.56. The molecule has 2 N–H and O–H groups in total. The molecule has 0 aliphatic carbocycles. The maximum absolute atomic E-state index is 14.6. The number of hydrogen-bond acceptors (Lipinski definition) is 8. The Labute approximate surface area is 227 Å². The van der Waals surface area contributed by atoms with Crippen molar-refractivity contribution in [3.63, 3.8) is 0 Å². The van der Waals surface area contributed by atoms with E-state index in [4.69, 9.17) is 17.3 Å². The fraction of sp³-hybridized carbons (Fsp3) is 0.417. The van der Waals surface area contributed by atoms with Crippen LogP contribution in [-0.4, -0.2) is 79.1 Å². The highest BCUT2D eigenvalue weighted by Gasteiger charge is 2.36. The lowest BCUT2D eigenvalue weighted by atomic mass is 9.93. The first-order chi connectivity index (χ1) is 18.2. The normalized spacial score (nSPS) is 20.4. The van der Waals surface area contributed by atoms with Crippen LogP contribution in [0.2, 0.25) is 5.02 Å². The first kappa shape index (κ1) is 28.7. The number of rotatable bonds is 4. The minimum absolute atomic E-state index is 0.0173. The van der Waals surface area contributed by atoms with Crippen LogP contribution < -0.4 is 10.6 Å². The SMILES string of the molecule is CN=C(C1=C(N)[C@@H](C)N(C(=O)c2cc(F)cc(N3CCS(=O)(=O)CC3)c2Cl)CC1)c1cncc(C(F)(F)F)n1. The van der Waals surface area contributed by atoms with E-state index in [1.54, 1.807) is 11.8 Å². The summed E-state index contributed by atoms with van der Waals surface area (Å²) in [7, 11) is -1.81. The van der Waals surface area contributed by atoms with E-state index in [1.807, 2.05) is 0 Å². The summed E-state index contributed by atoms with van der Waals surface area (Å²) < 4.78 is 77.7. The molecule has 1 aromatic heterocycles. The van der Waals surface area contributed by atoms with Gasteiger partial charge in [0.1, 0.15) is 11.5 Å². The van der Waals surface area contributed by atoms with Gasteiger partial charge in [-0.05, 0) is 25.5 Å². The van der Waals surface area contributed by atoms with Gasteiger partial charge in [-0.3, -0.25) is 14.8 Å². The molecule has 0 radical (unpaired) electrons. The summed E-state index contributed by atoms with van der Waals surface area (Å²) in [4.78, 5) is 27.9. The first-order valence-electron chi connectivity index (χ1n) is 11.8. The van der Waals surface area contributed by atoms with Crippen LogP contribution in [0.4, 0.5) is 23.2 Å². The third-order valence-electron chi connectivity index (χ3n) is 6.74. The second-order valence-electron chi connectivity index (χ2n) is 9.14. The molecule has 1 amide bonds. The molecule has 1 atom stereocenters. The Morgan fingerprint density at radius 1 is 1.18 bits per heavy atom. The lowest BCUT2D eigenvalue weighted by molar-refractivity contribution is -0.141. The van der Waals surface area contributed by atoms with Gasteiger partial charge < -0.3 is 15.5 Å². The minimum Gasteiger partial charge on any atom is -0.400 e. The fourth-order valence-corrected chi connectivity index (χ4v) is 6.12. The molecular formula is C24H25ClF4N6O3S. The maximum atomic E-state index is 14.6. The number of hydrogen-bond donors (Lipinski definition) is 1. The van der Waals surface area contributed by atoms with E-state index in [1.165, 1.54) is 11.9 Å². The second-order valence-corrected chi connectivity index (χ2v) is 11.8. The Balaban J connectivity index is 1.63. The molecule has 4 rings (SSSR count). The number of carbonyl (C=O) groups excluding carboxylic acids is 1. The molecule has 39 heavy (non-hydrogen) atoms. The Bertz CT molecular complexity index is 1460. The Morgan fingerprint density at radius 3 is 2.46 bits per heavy atom. The van der Waals surface area contributed by atoms with Gasteiger partial charge in [-0.25, -0.2) is 17.8 Å². The molecule has 2 aromatic rings. The van der Waals surface area contributed by atoms with Gasteiger partial charge in [-0.15, -0.1) is 0 Å². The number of halogens is 5. The van der Waals surface area contributed by atoms with Crippen molar-refractivity contribution in [2.24, 2.45) is 10.7 Å². The second kappa shape index (κ2) is 10.7. The van der Waals surface area contributed by atoms with E-state index < -0.39 is 39.5 Å². The molecule has 9 nitrogen and oxygen atoms in total. The molecular weight excluding hydrogens is 564 g/mol. The van der Waals surface area contributed by atoms with E-state index >= 15 is 0 Å². The van der Waals surface area contributed by atoms with E-state index in [0.717, 1.165) is 18.3 Å². The van der Waals surface area contributed by atoms with Crippen molar-refractivity contribution in [2.75, 3.05) is 43.1 Å². The number of anilines is 1. The molecule has 210 valence electrons. The van der Waals surface area contributed by atoms with Crippen molar-refractivity contribution in [3.05, 3.63) is 63.6 Å². The summed E-state index contributed by atoms with van der Waals surface area (Å²) >= 11 is 6.54. The number of sulfone groups is 1. The van der Waals surface area contributed by atoms with Gasteiger partial charge in [0.2, 0.25) is 0 Å². The zero-order valence-electron chi connectivity index (χ0n) is 21.0. The Morgan fingerprint density at radius 2 is 1.85 bits per heavy atom. The van der Waals surface area contributed by atoms with Crippen molar-refractivity contribution in [2.45, 2.75) is 25.6 Å². The molecule has 1 fully saturated rings. The largest absolute Gasteiger partial charge is 0.434 e. The number of benzene rings is 1. The number of aromatic nitrogens is 2. The average molecular weight is 589 g/mol. The standard InChI is InChI=1S/C24H25ClF4N6O3S/c1-13-21(30)15(22(31-2)17-11-32-12-19(33-17)24(27,28)29)3-4-35(13)23(36)16-9-14(26)10-18(20(16)25)34-5-7-39(37,38)8-6-34/h9-13H,3-8,30H2,1-2H3/t13-/m1/s1. The number of carbonyl (C=O) groups is 1. The molecule has 1 aromatic carbocycles. The lowest BCUT2D eigenvalue weighted by Gasteiger charge is -2.36. The van der Waals surface area contributed by atoms with E-state index in [2.05, 4.69) is 15.0 Å². The minimum atomic E-state index is -4.70. The van der Waals surface area contributed by atoms with Crippen LogP contribution in [0.5, 0.6) is 0 Å². The molecule has 3 heterocycles. The van der Waals surface area contributed by atoms with Gasteiger partial charge in [0.25, 0.3) is 5.91 Å². The predicted octanol–water partition coefficient (Wildman–Crippen LogP) is 3.09. The third-order valence-corrected chi connectivity index (χ3v) is 8.75. The highest BCUT2D eigenvalue weighted by Crippen LogP contribution is 2.34. The van der Waals surface area contributed by atoms with Crippen molar-refractivity contribution >= 4 is 38.7 Å². The number of amides is 1. The van der Waals surface area contributed by atoms with Crippen LogP contribution in [0.15, 0.2) is 40.8 Å². The van der Waals surface area contributed by atoms with E-state index in [0.29, 0.717) is 11.8 Å². The molecule has 0 bridgehead atoms. The van der Waals surface area contributed by atoms with Gasteiger partial charge in [0, 0.05) is 38.0 Å². The van der Waals surface area contributed by atoms with E-state index in [9.17, 15) is 30.8 Å². The highest BCUT2D eigenvalue weighted by molar-refractivity contribution is 7.91. The molecule has 2 aliphatic rings. The summed E-state index contributed by atoms with van der Waals surface area (Å²) in [5, 5.41) is -0.0173. The zero-order chi connectivity index (χ0) is 28.7. The number of aliphatic imine (C=N–C) groups is 1. The number of nitrogens with two attached hydrogens (primary N) is 1. The molecule has 0 saturated carbocycles. The van der Waals surface area contributed by atoms with Crippen LogP contribution >= 0.6 is 11.6 Å². The summed E-state index contributed by atoms with van der Waals surface area (Å²) in [6, 6.07) is 1.43. The van der Waals surface area contributed by atoms with Crippen LogP contribution in [0.3, 0.4) is 0 Å². The van der Waals surface area contributed by atoms with Crippen molar-refractivity contribution in [3.8, 4) is 0 Å². The topological polar surface area (TPSA) is 122 Å². The fourth-order valence-electron chi connectivity index (χ4n) is 4.61. The van der Waals surface area contributed by atoms with Gasteiger partial charge in [-0.1, -0.05) is 11.6 Å². The van der Waals surface area contributed by atoms with Crippen LogP contribution in [0.1, 0.15) is 35.1 Å². The molecule has 15 heteroatoms. The molecule has 1 saturated heterocycles. The number of alkyl halides is 3. The zero-order valence-corrected chi connectivity index (χ0v) is 22.5. The quantitative estimate of drug-likeness (QED) is 0.430. The van der Waals surface area contributed by atoms with Crippen LogP contribution in [0, 0.1) is 5.82 Å². The van der Waals surface area contributed by atoms with Gasteiger partial charge in [0.15, 0.2) is 15.5 Å². The van der Waals surface area contributed by atoms with Crippen LogP contribution in [0.25, 0.3) is 0 Å². The molecule has 2 aliphatic heterocycles. The summed E-state index contributed by atoms with van der Waals surface area (Å²) in [5.41, 5.74) is 5.90. The Kier molecular flexibility index (Phi) is 7.90. The lowest BCUT2D eigenvalue weighted by Crippen LogP contribution is -2.47. The van der Waals surface area contributed by atoms with Crippen LogP contribution in [-0.2, 0) is 16.0 Å². The van der Waals surface area contributed by atoms with Gasteiger partial charge >= 0.3 is 6.18 Å².